The minimum absolute atomic E-state index is 0. The maximum Gasteiger partial charge on any atom is 0.355 e. The number of carbonyl (C=O) groups is 6. The van der Waals surface area contributed by atoms with Crippen LogP contribution in [0.25, 0.3) is 0 Å². The van der Waals surface area contributed by atoms with Gasteiger partial charge < -0.3 is 27.0 Å². The molecule has 0 radical (unpaired) electrons. The van der Waals surface area contributed by atoms with Crippen molar-refractivity contribution in [2.75, 3.05) is 24.6 Å². The average Bonchev–Trinajstić information content (AvgIpc) is 3.68. The molecule has 0 spiro atoms. The number of nitrogens with one attached hydrogen (secondary N) is 2. The Morgan fingerprint density at radius 2 is 1.17 bits per heavy atom. The molecule has 2 aromatic heterocycles. The number of rotatable bonds is 14. The van der Waals surface area contributed by atoms with Crippen LogP contribution in [-0.4, -0.2) is 95.1 Å². The molecule has 2 fully saturated rings. The molecule has 29 heteroatoms. The van der Waals surface area contributed by atoms with E-state index in [1.165, 1.54) is 74.7 Å². The van der Waals surface area contributed by atoms with Crippen LogP contribution in [0.1, 0.15) is 96.0 Å². The molecule has 59 heavy (non-hydrogen) atoms. The van der Waals surface area contributed by atoms with Gasteiger partial charge in [-0.3, -0.25) is 29.2 Å². The Bertz CT molecular complexity index is 2060. The van der Waals surface area contributed by atoms with Crippen LogP contribution in [0.2, 0.25) is 0 Å². The Morgan fingerprint density at radius 3 is 1.51 bits per heavy atom. The first kappa shape index (κ1) is 55.8. The van der Waals surface area contributed by atoms with Gasteiger partial charge in [-0.25, -0.2) is 19.6 Å². The summed E-state index contributed by atoms with van der Waals surface area (Å²) in [5.74, 6) is -1.64. The van der Waals surface area contributed by atoms with Crippen LogP contribution in [0.4, 0.5) is 0 Å². The predicted octanol–water partition coefficient (Wildman–Crippen LogP) is 4.98. The molecule has 2 saturated carbocycles. The lowest BCUT2D eigenvalue weighted by molar-refractivity contribution is -0.131. The van der Waals surface area contributed by atoms with Crippen LogP contribution in [0, 0.1) is 5.41 Å². The zero-order valence-electron chi connectivity index (χ0n) is 29.9. The Balaban J connectivity index is 0.000000479. The first-order chi connectivity index (χ1) is 26.7. The lowest BCUT2D eigenvalue weighted by Crippen LogP contribution is -2.32. The quantitative estimate of drug-likeness (QED) is 0.124. The van der Waals surface area contributed by atoms with E-state index in [2.05, 4.69) is 53.0 Å². The van der Waals surface area contributed by atoms with E-state index in [-0.39, 0.29) is 97.6 Å². The number of halogens is 2. The van der Waals surface area contributed by atoms with E-state index in [1.54, 1.807) is 35.5 Å². The zero-order valence-corrected chi connectivity index (χ0v) is 41.3. The number of nitrogens with zero attached hydrogens (tertiary/aromatic N) is 4. The number of Topliss-reactive ketones (excluding diaryl/α,β-unsaturated/α-hetero) is 2. The van der Waals surface area contributed by atoms with Crippen molar-refractivity contribution in [3.63, 3.8) is 0 Å². The number of thiazole rings is 2. The minimum atomic E-state index is -1.06. The van der Waals surface area contributed by atoms with Gasteiger partial charge in [0.15, 0.2) is 17.2 Å². The molecule has 2 amide bonds. The van der Waals surface area contributed by atoms with E-state index in [9.17, 15) is 28.8 Å². The molecular formula is C30H39Cl2N7O8S12. The van der Waals surface area contributed by atoms with Gasteiger partial charge in [-0.15, -0.1) is 70.2 Å². The summed E-state index contributed by atoms with van der Waals surface area (Å²) >= 11 is 20.7. The van der Waals surface area contributed by atoms with Crippen molar-refractivity contribution < 1.29 is 39.0 Å². The molecule has 0 aromatic carbocycles. The molecule has 15 nitrogen and oxygen atoms in total. The van der Waals surface area contributed by atoms with Gasteiger partial charge in [0.2, 0.25) is 11.8 Å². The predicted molar refractivity (Wildman–Crippen MR) is 262 cm³/mol. The molecular weight excluding hydrogens is 1040 g/mol. The summed E-state index contributed by atoms with van der Waals surface area (Å²) in [4.78, 5) is 85.2. The third-order valence-electron chi connectivity index (χ3n) is 7.98. The van der Waals surface area contributed by atoms with E-state index in [0.717, 1.165) is 22.9 Å². The van der Waals surface area contributed by atoms with Crippen molar-refractivity contribution in [1.82, 2.24) is 26.8 Å². The van der Waals surface area contributed by atoms with E-state index in [1.807, 2.05) is 6.92 Å². The minimum Gasteiger partial charge on any atom is -0.476 e. The first-order valence-corrected chi connectivity index (χ1v) is 29.4. The molecule has 2 aliphatic heterocycles. The Morgan fingerprint density at radius 1 is 0.763 bits per heavy atom. The number of carbonyl (C=O) groups excluding carboxylic acids is 4. The van der Waals surface area contributed by atoms with Gasteiger partial charge in [-0.1, -0.05) is 14.4 Å². The van der Waals surface area contributed by atoms with E-state index < -0.39 is 16.8 Å². The largest absolute Gasteiger partial charge is 0.476 e. The van der Waals surface area contributed by atoms with E-state index in [4.69, 9.17) is 21.8 Å². The van der Waals surface area contributed by atoms with Crippen molar-refractivity contribution in [3.8, 4) is 0 Å². The van der Waals surface area contributed by atoms with Crippen LogP contribution in [-0.2, 0) is 94.8 Å². The van der Waals surface area contributed by atoms with Crippen LogP contribution in [0.15, 0.2) is 20.7 Å². The molecule has 0 bridgehead atoms. The Hall–Kier alpha value is -1.18. The molecule has 4 heterocycles. The summed E-state index contributed by atoms with van der Waals surface area (Å²) in [6, 6.07) is -0.369. The number of ketones is 2. The second-order valence-electron chi connectivity index (χ2n) is 12.1. The maximum atomic E-state index is 11.9. The third-order valence-corrected chi connectivity index (χ3v) is 23.7. The molecule has 7 N–H and O–H groups in total. The fourth-order valence-electron chi connectivity index (χ4n) is 4.41. The molecule has 2 aliphatic carbocycles. The number of carboxylic acid groups (broad SMARTS) is 2. The number of aromatic nitrogens is 2. The van der Waals surface area contributed by atoms with Crippen molar-refractivity contribution >= 4 is 191 Å². The van der Waals surface area contributed by atoms with Crippen molar-refractivity contribution in [2.45, 2.75) is 69.8 Å². The number of carboxylic acids is 2. The molecule has 328 valence electrons. The molecule has 2 atom stereocenters. The van der Waals surface area contributed by atoms with Crippen molar-refractivity contribution in [3.05, 3.63) is 32.2 Å². The Labute approximate surface area is 394 Å². The molecule has 2 aromatic rings. The lowest BCUT2D eigenvalue weighted by Gasteiger charge is -2.07. The summed E-state index contributed by atoms with van der Waals surface area (Å²) in [6.07, 6.45) is 2.73. The zero-order chi connectivity index (χ0) is 40.9. The molecule has 0 saturated heterocycles. The Kier molecular flexibility index (Phi) is 25.7. The average molecular weight is 1080 g/mol. The summed E-state index contributed by atoms with van der Waals surface area (Å²) in [5, 5.41) is 29.0. The fourth-order valence-corrected chi connectivity index (χ4v) is 19.3. The van der Waals surface area contributed by atoms with Gasteiger partial charge in [0.05, 0.1) is 36.0 Å². The van der Waals surface area contributed by atoms with Crippen LogP contribution >= 0.6 is 70.2 Å². The standard InChI is InChI=1S/C15H17N3O4S2.C14H14ClN3O4S2.CH4.ClH.H3N.S8/c1-15(2-3-15)10(19)4-11(20)16-5-12-17-8(6-23-12)13-18-9(7-24-13)14(21)22;15-14(1-2-14)9(19)3-10(20)16-4-11-17-7(5-23-11)12-18-8(6-24-12)13(21)22;;;;1-3-5-7-8-6-4-2/h7-8H,2-6H2,1H3,(H,16,20)(H,21,22);6-7H,1-5H2,(H,16,20)(H,21,22);1H4;1H;1H3;/t8-;7-;;;;/m00..../s1. The highest BCUT2D eigenvalue weighted by atomic mass is 35.5. The highest BCUT2D eigenvalue weighted by molar-refractivity contribution is 8.70. The van der Waals surface area contributed by atoms with Crippen LogP contribution in [0.5, 0.6) is 0 Å². The number of amides is 2. The van der Waals surface area contributed by atoms with Gasteiger partial charge in [-0.05, 0) is 25.7 Å². The number of aromatic carboxylic acids is 2. The third kappa shape index (κ3) is 18.6. The topological polar surface area (TPSA) is 252 Å². The number of hydrogen-bond donors (Lipinski definition) is 5. The highest BCUT2D eigenvalue weighted by Gasteiger charge is 2.48. The van der Waals surface area contributed by atoms with E-state index in [0.29, 0.717) is 40.9 Å². The number of alkyl halides is 1. The van der Waals surface area contributed by atoms with Crippen LogP contribution in [0.3, 0.4) is 0 Å². The number of aliphatic imine (C=N–C) groups is 2. The van der Waals surface area contributed by atoms with Crippen LogP contribution < -0.4 is 16.8 Å². The van der Waals surface area contributed by atoms with Crippen molar-refractivity contribution in [1.29, 1.82) is 0 Å². The van der Waals surface area contributed by atoms with Gasteiger partial charge in [-0.2, -0.15) is 0 Å². The lowest BCUT2D eigenvalue weighted by atomic mass is 10.0. The van der Waals surface area contributed by atoms with E-state index >= 15 is 0 Å². The normalized spacial score (nSPS) is 18.1. The monoisotopic (exact) mass is 1080 g/mol. The number of thioether (sulfide) groups is 2. The second-order valence-corrected chi connectivity index (χ2v) is 27.4. The molecule has 4 aliphatic rings. The highest BCUT2D eigenvalue weighted by Crippen LogP contribution is 2.46. The molecule has 0 unspecified atom stereocenters. The molecule has 6 rings (SSSR count). The SMILES string of the molecule is C.CC1(C(=O)CC(=O)NCC2=N[C@H](c3nc(C(=O)O)cs3)CS2)CC1.Cl.N.O=C(CC(=O)C1(Cl)CC1)NCC1=N[C@H](c2nc(C(=O)O)cs2)CS1.S=S=S=S=S=S=S=S. The van der Waals surface area contributed by atoms with Gasteiger partial charge in [0.25, 0.3) is 0 Å². The maximum absolute atomic E-state index is 11.9. The van der Waals surface area contributed by atoms with Gasteiger partial charge in [0.1, 0.15) is 32.8 Å². The second kappa shape index (κ2) is 27.1. The summed E-state index contributed by atoms with van der Waals surface area (Å²) in [7, 11) is 9.12. The van der Waals surface area contributed by atoms with Gasteiger partial charge >= 0.3 is 11.9 Å². The summed E-state index contributed by atoms with van der Waals surface area (Å²) in [5.41, 5.74) is -0.232. The smallest absolute Gasteiger partial charge is 0.355 e. The van der Waals surface area contributed by atoms with Gasteiger partial charge in [0, 0.05) is 103 Å². The summed E-state index contributed by atoms with van der Waals surface area (Å²) in [6.45, 7) is 2.43. The number of hydrogen-bond acceptors (Lipinski definition) is 17. The first-order valence-electron chi connectivity index (χ1n) is 16.0. The summed E-state index contributed by atoms with van der Waals surface area (Å²) < 4.78 is 0. The van der Waals surface area contributed by atoms with Crippen molar-refractivity contribution in [2.24, 2.45) is 15.4 Å². The fraction of sp³-hybridized carbons (Fsp3) is 0.533.